The van der Waals surface area contributed by atoms with E-state index in [0.717, 1.165) is 24.8 Å². The second-order valence-corrected chi connectivity index (χ2v) is 3.15. The van der Waals surface area contributed by atoms with E-state index in [1.807, 2.05) is 24.3 Å². The molecular formula is C11H15O2. The van der Waals surface area contributed by atoms with Crippen LogP contribution in [0.15, 0.2) is 24.3 Å². The fraction of sp³-hybridized carbons (Fsp3) is 0.455. The molecule has 13 heavy (non-hydrogen) atoms. The summed E-state index contributed by atoms with van der Waals surface area (Å²) in [4.78, 5) is 0. The normalized spacial score (nSPS) is 10.3. The molecule has 1 aromatic rings. The Morgan fingerprint density at radius 2 is 1.92 bits per heavy atom. The number of aliphatic hydroxyl groups is 1. The van der Waals surface area contributed by atoms with Crippen LogP contribution in [0.2, 0.25) is 0 Å². The Morgan fingerprint density at radius 3 is 2.62 bits per heavy atom. The second kappa shape index (κ2) is 5.73. The average molecular weight is 179 g/mol. The summed E-state index contributed by atoms with van der Waals surface area (Å²) in [5.74, 6) is 0. The minimum absolute atomic E-state index is 0.145. The lowest BCUT2D eigenvalue weighted by atomic mass is 10.1. The quantitative estimate of drug-likeness (QED) is 0.689. The number of rotatable bonds is 5. The van der Waals surface area contributed by atoms with Gasteiger partial charge < -0.3 is 5.11 Å². The lowest BCUT2D eigenvalue weighted by molar-refractivity contribution is 0.177. The minimum Gasteiger partial charge on any atom is -0.396 e. The van der Waals surface area contributed by atoms with Crippen LogP contribution in [0.5, 0.6) is 0 Å². The number of hydrogen-bond donors (Lipinski definition) is 1. The van der Waals surface area contributed by atoms with Crippen LogP contribution in [0.1, 0.15) is 24.0 Å². The van der Waals surface area contributed by atoms with Crippen molar-refractivity contribution in [1.82, 2.24) is 0 Å². The topological polar surface area (TPSA) is 40.1 Å². The molecule has 0 saturated heterocycles. The lowest BCUT2D eigenvalue weighted by Crippen LogP contribution is -1.90. The minimum atomic E-state index is -0.145. The van der Waals surface area contributed by atoms with Crippen molar-refractivity contribution in [2.24, 2.45) is 0 Å². The van der Waals surface area contributed by atoms with Gasteiger partial charge in [-0.1, -0.05) is 24.3 Å². The molecule has 0 aliphatic carbocycles. The first-order chi connectivity index (χ1) is 6.36. The number of unbranched alkanes of at least 4 members (excludes halogenated alkanes) is 1. The molecule has 0 atom stereocenters. The van der Waals surface area contributed by atoms with Crippen molar-refractivity contribution in [3.8, 4) is 0 Å². The molecule has 1 rings (SSSR count). The maximum atomic E-state index is 10.6. The molecule has 0 spiro atoms. The van der Waals surface area contributed by atoms with Gasteiger partial charge in [-0.2, -0.15) is 0 Å². The predicted octanol–water partition coefficient (Wildman–Crippen LogP) is 1.93. The third-order valence-electron chi connectivity index (χ3n) is 2.03. The highest BCUT2D eigenvalue weighted by molar-refractivity contribution is 5.22. The summed E-state index contributed by atoms with van der Waals surface area (Å²) >= 11 is 0. The van der Waals surface area contributed by atoms with Crippen LogP contribution in [0.3, 0.4) is 0 Å². The Kier molecular flexibility index (Phi) is 4.50. The molecule has 1 radical (unpaired) electrons. The lowest BCUT2D eigenvalue weighted by Gasteiger charge is -2.01. The van der Waals surface area contributed by atoms with Gasteiger partial charge in [0.15, 0.2) is 0 Å². The molecular weight excluding hydrogens is 164 g/mol. The van der Waals surface area contributed by atoms with Crippen molar-refractivity contribution >= 4 is 0 Å². The third-order valence-corrected chi connectivity index (χ3v) is 2.03. The molecule has 0 bridgehead atoms. The highest BCUT2D eigenvalue weighted by atomic mass is 16.3. The second-order valence-electron chi connectivity index (χ2n) is 3.15. The highest BCUT2D eigenvalue weighted by Gasteiger charge is 1.95. The van der Waals surface area contributed by atoms with Gasteiger partial charge in [-0.05, 0) is 30.4 Å². The predicted molar refractivity (Wildman–Crippen MR) is 50.9 cm³/mol. The summed E-state index contributed by atoms with van der Waals surface area (Å²) in [6, 6.07) is 7.74. The van der Waals surface area contributed by atoms with E-state index in [9.17, 15) is 5.11 Å². The van der Waals surface area contributed by atoms with E-state index in [-0.39, 0.29) is 13.2 Å². The highest BCUT2D eigenvalue weighted by Crippen LogP contribution is 2.08. The molecule has 2 nitrogen and oxygen atoms in total. The van der Waals surface area contributed by atoms with Crippen LogP contribution in [-0.2, 0) is 18.1 Å². The van der Waals surface area contributed by atoms with Gasteiger partial charge in [-0.3, -0.25) is 0 Å². The summed E-state index contributed by atoms with van der Waals surface area (Å²) in [5.41, 5.74) is 2.04. The van der Waals surface area contributed by atoms with Crippen LogP contribution in [-0.4, -0.2) is 11.7 Å². The summed E-state index contributed by atoms with van der Waals surface area (Å²) < 4.78 is 0. The Labute approximate surface area is 78.8 Å². The summed E-state index contributed by atoms with van der Waals surface area (Å²) in [5, 5.41) is 19.2. The van der Waals surface area contributed by atoms with Gasteiger partial charge in [-0.15, -0.1) is 0 Å². The fourth-order valence-electron chi connectivity index (χ4n) is 1.32. The molecule has 2 heteroatoms. The number of benzene rings is 1. The van der Waals surface area contributed by atoms with Crippen LogP contribution < -0.4 is 0 Å². The molecule has 0 heterocycles. The molecule has 0 saturated carbocycles. The van der Waals surface area contributed by atoms with E-state index in [2.05, 4.69) is 0 Å². The van der Waals surface area contributed by atoms with E-state index < -0.39 is 0 Å². The van der Waals surface area contributed by atoms with Gasteiger partial charge >= 0.3 is 0 Å². The zero-order valence-electron chi connectivity index (χ0n) is 7.70. The molecule has 0 aromatic heterocycles. The molecule has 0 aliphatic rings. The standard InChI is InChI=1S/C11H15O2/c12-7-2-1-4-10-5-3-6-11(8-10)9-13/h3,5-6,8,12H,1-2,4,7,9H2. The van der Waals surface area contributed by atoms with Gasteiger partial charge in [0.1, 0.15) is 6.61 Å². The zero-order chi connectivity index (χ0) is 9.52. The Hall–Kier alpha value is -0.860. The largest absolute Gasteiger partial charge is 0.396 e. The van der Waals surface area contributed by atoms with Crippen molar-refractivity contribution in [3.63, 3.8) is 0 Å². The summed E-state index contributed by atoms with van der Waals surface area (Å²) in [7, 11) is 0. The first-order valence-corrected chi connectivity index (χ1v) is 4.63. The van der Waals surface area contributed by atoms with Gasteiger partial charge in [0.05, 0.1) is 0 Å². The van der Waals surface area contributed by atoms with E-state index in [4.69, 9.17) is 5.11 Å². The van der Waals surface area contributed by atoms with Crippen molar-refractivity contribution < 1.29 is 10.2 Å². The number of aliphatic hydroxyl groups excluding tert-OH is 1. The molecule has 0 amide bonds. The average Bonchev–Trinajstić information content (AvgIpc) is 2.19. The molecule has 0 fully saturated rings. The van der Waals surface area contributed by atoms with E-state index >= 15 is 0 Å². The Morgan fingerprint density at radius 1 is 1.15 bits per heavy atom. The van der Waals surface area contributed by atoms with E-state index in [1.165, 1.54) is 5.56 Å². The number of hydrogen-bond acceptors (Lipinski definition) is 1. The Bertz CT molecular complexity index is 246. The fourth-order valence-corrected chi connectivity index (χ4v) is 1.32. The zero-order valence-corrected chi connectivity index (χ0v) is 7.70. The van der Waals surface area contributed by atoms with E-state index in [1.54, 1.807) is 0 Å². The van der Waals surface area contributed by atoms with Gasteiger partial charge in [0.2, 0.25) is 0 Å². The van der Waals surface area contributed by atoms with Crippen LogP contribution in [0.4, 0.5) is 0 Å². The monoisotopic (exact) mass is 179 g/mol. The summed E-state index contributed by atoms with van der Waals surface area (Å²) in [6.45, 7) is 0.106. The van der Waals surface area contributed by atoms with Crippen molar-refractivity contribution in [2.75, 3.05) is 6.61 Å². The van der Waals surface area contributed by atoms with Crippen molar-refractivity contribution in [2.45, 2.75) is 25.9 Å². The van der Waals surface area contributed by atoms with Crippen molar-refractivity contribution in [3.05, 3.63) is 35.4 Å². The molecule has 1 N–H and O–H groups in total. The first kappa shape index (κ1) is 10.2. The van der Waals surface area contributed by atoms with Crippen LogP contribution in [0, 0.1) is 0 Å². The third kappa shape index (κ3) is 3.57. The van der Waals surface area contributed by atoms with Gasteiger partial charge in [0, 0.05) is 6.61 Å². The van der Waals surface area contributed by atoms with Gasteiger partial charge in [-0.25, -0.2) is 5.11 Å². The maximum absolute atomic E-state index is 10.6. The van der Waals surface area contributed by atoms with Crippen LogP contribution >= 0.6 is 0 Å². The van der Waals surface area contributed by atoms with Gasteiger partial charge in [0.25, 0.3) is 0 Å². The molecule has 71 valence electrons. The molecule has 0 aliphatic heterocycles. The Balaban J connectivity index is 2.46. The smallest absolute Gasteiger partial charge is 0.107 e. The SMILES string of the molecule is [O]Cc1cccc(CCCCO)c1. The molecule has 0 unspecified atom stereocenters. The first-order valence-electron chi connectivity index (χ1n) is 4.63. The summed E-state index contributed by atoms with van der Waals surface area (Å²) in [6.07, 6.45) is 2.77. The number of aryl methyl sites for hydroxylation is 1. The van der Waals surface area contributed by atoms with Crippen molar-refractivity contribution in [1.29, 1.82) is 0 Å². The van der Waals surface area contributed by atoms with Crippen LogP contribution in [0.25, 0.3) is 0 Å². The molecule has 1 aromatic carbocycles. The maximum Gasteiger partial charge on any atom is 0.107 e. The van der Waals surface area contributed by atoms with E-state index in [0.29, 0.717) is 0 Å².